The molecule has 0 fully saturated rings. The van der Waals surface area contributed by atoms with Crippen LogP contribution in [0.1, 0.15) is 17.3 Å². The monoisotopic (exact) mass is 256 g/mol. The molecule has 5 heteroatoms. The summed E-state index contributed by atoms with van der Waals surface area (Å²) in [6.07, 6.45) is 0. The Morgan fingerprint density at radius 3 is 2.71 bits per heavy atom. The highest BCUT2D eigenvalue weighted by atomic mass is 35.5. The Hall–Kier alpha value is -1.26. The quantitative estimate of drug-likeness (QED) is 0.863. The van der Waals surface area contributed by atoms with Crippen molar-refractivity contribution in [2.24, 2.45) is 0 Å². The van der Waals surface area contributed by atoms with Crippen molar-refractivity contribution in [1.82, 2.24) is 10.2 Å². The summed E-state index contributed by atoms with van der Waals surface area (Å²) in [5, 5.41) is 12.2. The topological polar surface area (TPSA) is 52.6 Å². The molecule has 2 N–H and O–H groups in total. The molecule has 1 atom stereocenters. The molecule has 0 saturated heterocycles. The maximum atomic E-state index is 11.8. The van der Waals surface area contributed by atoms with Gasteiger partial charge < -0.3 is 15.3 Å². The Balaban J connectivity index is 2.61. The van der Waals surface area contributed by atoms with Gasteiger partial charge in [-0.3, -0.25) is 4.79 Å². The van der Waals surface area contributed by atoms with Crippen molar-refractivity contribution in [2.45, 2.75) is 13.0 Å². The zero-order chi connectivity index (χ0) is 13.0. The molecule has 1 rings (SSSR count). The van der Waals surface area contributed by atoms with E-state index in [4.69, 9.17) is 11.6 Å². The predicted molar refractivity (Wildman–Crippen MR) is 68.6 cm³/mol. The van der Waals surface area contributed by atoms with Gasteiger partial charge in [0, 0.05) is 18.2 Å². The maximum Gasteiger partial charge on any atom is 0.251 e. The van der Waals surface area contributed by atoms with E-state index in [1.165, 1.54) is 18.2 Å². The number of likely N-dealkylation sites (N-methyl/N-ethyl adjacent to an activating group) is 1. The number of rotatable bonds is 4. The second-order valence-corrected chi connectivity index (χ2v) is 4.60. The van der Waals surface area contributed by atoms with Crippen LogP contribution in [0.2, 0.25) is 5.02 Å². The van der Waals surface area contributed by atoms with Gasteiger partial charge in [-0.1, -0.05) is 11.6 Å². The minimum Gasteiger partial charge on any atom is -0.506 e. The van der Waals surface area contributed by atoms with Gasteiger partial charge >= 0.3 is 0 Å². The Morgan fingerprint density at radius 1 is 1.53 bits per heavy atom. The molecule has 0 bridgehead atoms. The Kier molecular flexibility index (Phi) is 4.78. The fourth-order valence-electron chi connectivity index (χ4n) is 1.17. The lowest BCUT2D eigenvalue weighted by atomic mass is 10.2. The average molecular weight is 257 g/mol. The van der Waals surface area contributed by atoms with Crippen LogP contribution in [-0.2, 0) is 0 Å². The van der Waals surface area contributed by atoms with Crippen molar-refractivity contribution in [3.05, 3.63) is 28.8 Å². The number of hydrogen-bond acceptors (Lipinski definition) is 3. The second-order valence-electron chi connectivity index (χ2n) is 4.19. The Bertz CT molecular complexity index is 407. The summed E-state index contributed by atoms with van der Waals surface area (Å²) < 4.78 is 0. The molecule has 0 aromatic heterocycles. The van der Waals surface area contributed by atoms with Crippen LogP contribution in [0.5, 0.6) is 5.75 Å². The van der Waals surface area contributed by atoms with Crippen LogP contribution >= 0.6 is 11.6 Å². The smallest absolute Gasteiger partial charge is 0.251 e. The van der Waals surface area contributed by atoms with E-state index in [1.54, 1.807) is 0 Å². The Labute approximate surface area is 106 Å². The maximum absolute atomic E-state index is 11.8. The number of benzene rings is 1. The van der Waals surface area contributed by atoms with Crippen LogP contribution in [0.25, 0.3) is 0 Å². The van der Waals surface area contributed by atoms with Crippen molar-refractivity contribution in [3.8, 4) is 5.75 Å². The molecular formula is C12H17ClN2O2. The highest BCUT2D eigenvalue weighted by Crippen LogP contribution is 2.23. The van der Waals surface area contributed by atoms with Gasteiger partial charge in [-0.25, -0.2) is 0 Å². The van der Waals surface area contributed by atoms with Gasteiger partial charge in [-0.15, -0.1) is 0 Å². The first-order valence-corrected chi connectivity index (χ1v) is 5.72. The van der Waals surface area contributed by atoms with Crippen molar-refractivity contribution < 1.29 is 9.90 Å². The first kappa shape index (κ1) is 13.8. The van der Waals surface area contributed by atoms with Crippen molar-refractivity contribution >= 4 is 17.5 Å². The second kappa shape index (κ2) is 5.89. The van der Waals surface area contributed by atoms with Gasteiger partial charge in [0.05, 0.1) is 5.02 Å². The fraction of sp³-hybridized carbons (Fsp3) is 0.417. The van der Waals surface area contributed by atoms with Gasteiger partial charge in [0.25, 0.3) is 5.91 Å². The van der Waals surface area contributed by atoms with Crippen LogP contribution in [0, 0.1) is 0 Å². The number of nitrogens with zero attached hydrogens (tertiary/aromatic N) is 1. The molecular weight excluding hydrogens is 240 g/mol. The van der Waals surface area contributed by atoms with Crippen LogP contribution in [-0.4, -0.2) is 42.6 Å². The molecule has 0 aliphatic rings. The molecule has 0 radical (unpaired) electrons. The number of phenols is 1. The number of carbonyl (C=O) groups is 1. The number of halogens is 1. The molecule has 0 heterocycles. The van der Waals surface area contributed by atoms with Crippen LogP contribution in [0.3, 0.4) is 0 Å². The van der Waals surface area contributed by atoms with E-state index >= 15 is 0 Å². The molecule has 0 aliphatic carbocycles. The lowest BCUT2D eigenvalue weighted by Crippen LogP contribution is -2.38. The van der Waals surface area contributed by atoms with Crippen molar-refractivity contribution in [2.75, 3.05) is 20.6 Å². The van der Waals surface area contributed by atoms with Crippen LogP contribution in [0.4, 0.5) is 0 Å². The summed E-state index contributed by atoms with van der Waals surface area (Å²) in [5.74, 6) is -0.217. The lowest BCUT2D eigenvalue weighted by molar-refractivity contribution is 0.0943. The summed E-state index contributed by atoms with van der Waals surface area (Å²) in [5.41, 5.74) is 0.443. The van der Waals surface area contributed by atoms with E-state index in [2.05, 4.69) is 5.32 Å². The highest BCUT2D eigenvalue weighted by Gasteiger charge is 2.10. The highest BCUT2D eigenvalue weighted by molar-refractivity contribution is 6.32. The third kappa shape index (κ3) is 3.91. The van der Waals surface area contributed by atoms with Crippen molar-refractivity contribution in [3.63, 3.8) is 0 Å². The minimum atomic E-state index is -0.194. The van der Waals surface area contributed by atoms with Crippen LogP contribution in [0.15, 0.2) is 18.2 Å². The molecule has 1 amide bonds. The zero-order valence-corrected chi connectivity index (χ0v) is 11.0. The molecule has 4 nitrogen and oxygen atoms in total. The van der Waals surface area contributed by atoms with Gasteiger partial charge in [0.15, 0.2) is 0 Å². The number of phenolic OH excluding ortho intramolecular Hbond substituents is 1. The Morgan fingerprint density at radius 2 is 2.18 bits per heavy atom. The molecule has 0 aliphatic heterocycles. The number of aromatic hydroxyl groups is 1. The first-order chi connectivity index (χ1) is 7.91. The zero-order valence-electron chi connectivity index (χ0n) is 10.2. The van der Waals surface area contributed by atoms with Crippen LogP contribution < -0.4 is 5.32 Å². The largest absolute Gasteiger partial charge is 0.506 e. The molecule has 1 aromatic carbocycles. The average Bonchev–Trinajstić information content (AvgIpc) is 2.28. The van der Waals surface area contributed by atoms with E-state index in [0.717, 1.165) is 0 Å². The normalized spacial score (nSPS) is 12.5. The number of nitrogens with one attached hydrogen (secondary N) is 1. The number of hydrogen-bond donors (Lipinski definition) is 2. The van der Waals surface area contributed by atoms with Gasteiger partial charge in [0.2, 0.25) is 0 Å². The molecule has 17 heavy (non-hydrogen) atoms. The third-order valence-corrected chi connectivity index (χ3v) is 2.95. The van der Waals surface area contributed by atoms with E-state index in [0.29, 0.717) is 12.1 Å². The molecule has 0 spiro atoms. The summed E-state index contributed by atoms with van der Waals surface area (Å²) in [6.45, 7) is 2.58. The van der Waals surface area contributed by atoms with Gasteiger partial charge in [-0.05, 0) is 39.2 Å². The summed E-state index contributed by atoms with van der Waals surface area (Å²) in [7, 11) is 3.91. The molecule has 1 aromatic rings. The van der Waals surface area contributed by atoms with E-state index in [-0.39, 0.29) is 22.7 Å². The number of amides is 1. The predicted octanol–water partition coefficient (Wildman–Crippen LogP) is 1.73. The van der Waals surface area contributed by atoms with Gasteiger partial charge in [-0.2, -0.15) is 0 Å². The van der Waals surface area contributed by atoms with E-state index < -0.39 is 0 Å². The van der Waals surface area contributed by atoms with Crippen molar-refractivity contribution in [1.29, 1.82) is 0 Å². The first-order valence-electron chi connectivity index (χ1n) is 5.35. The lowest BCUT2D eigenvalue weighted by Gasteiger charge is -2.19. The fourth-order valence-corrected chi connectivity index (χ4v) is 1.35. The minimum absolute atomic E-state index is 0.0233. The van der Waals surface area contributed by atoms with Gasteiger partial charge in [0.1, 0.15) is 5.75 Å². The SMILES string of the molecule is CC(CNC(=O)c1ccc(O)c(Cl)c1)N(C)C. The van der Waals surface area contributed by atoms with E-state index in [1.807, 2.05) is 25.9 Å². The van der Waals surface area contributed by atoms with E-state index in [9.17, 15) is 9.90 Å². The summed E-state index contributed by atoms with van der Waals surface area (Å²) >= 11 is 5.73. The molecule has 1 unspecified atom stereocenters. The standard InChI is InChI=1S/C12H17ClN2O2/c1-8(15(2)3)7-14-12(17)9-4-5-11(16)10(13)6-9/h4-6,8,16H,7H2,1-3H3,(H,14,17). The summed E-state index contributed by atoms with van der Waals surface area (Å²) in [4.78, 5) is 13.8. The third-order valence-electron chi connectivity index (χ3n) is 2.65. The molecule has 0 saturated carbocycles. The summed E-state index contributed by atoms with van der Waals surface area (Å²) in [6, 6.07) is 4.65. The number of carbonyl (C=O) groups excluding carboxylic acids is 1. The molecule has 94 valence electrons.